The summed E-state index contributed by atoms with van der Waals surface area (Å²) in [5, 5.41) is 9.75. The number of aromatic nitrogens is 1. The van der Waals surface area contributed by atoms with Crippen LogP contribution in [0.2, 0.25) is 0 Å². The third-order valence-corrected chi connectivity index (χ3v) is 6.71. The molecule has 11 heteroatoms. The molecule has 0 saturated carbocycles. The van der Waals surface area contributed by atoms with Crippen LogP contribution in [0.1, 0.15) is 19.4 Å². The second kappa shape index (κ2) is 7.57. The number of aliphatic carboxylic acids is 1. The fraction of sp³-hybridized carbons (Fsp3) is 0.235. The van der Waals surface area contributed by atoms with Crippen molar-refractivity contribution >= 4 is 38.2 Å². The van der Waals surface area contributed by atoms with Crippen molar-refractivity contribution < 1.29 is 31.5 Å². The topological polar surface area (TPSA) is 102 Å². The quantitative estimate of drug-likeness (QED) is 0.653. The Bertz CT molecular complexity index is 1080. The van der Waals surface area contributed by atoms with Crippen molar-refractivity contribution in [3.8, 4) is 0 Å². The summed E-state index contributed by atoms with van der Waals surface area (Å²) in [6.45, 7) is 3.82. The Kier molecular flexibility index (Phi) is 5.93. The van der Waals surface area contributed by atoms with E-state index < -0.39 is 27.7 Å². The van der Waals surface area contributed by atoms with Crippen molar-refractivity contribution in [2.45, 2.75) is 29.8 Å². The minimum Gasteiger partial charge on any atom is -0.475 e. The summed E-state index contributed by atoms with van der Waals surface area (Å²) >= 11 is 1.21. The number of alkyl halides is 3. The van der Waals surface area contributed by atoms with E-state index in [1.807, 2.05) is 32.0 Å². The molecule has 0 fully saturated rings. The molecule has 152 valence electrons. The molecule has 3 aromatic rings. The van der Waals surface area contributed by atoms with Gasteiger partial charge in [0.05, 0.1) is 5.52 Å². The summed E-state index contributed by atoms with van der Waals surface area (Å²) in [6.07, 6.45) is -3.49. The molecule has 0 spiro atoms. The number of carbonyl (C=O) groups is 1. The van der Waals surface area contributed by atoms with Crippen LogP contribution in [0, 0.1) is 0 Å². The van der Waals surface area contributed by atoms with Crippen LogP contribution in [0.25, 0.3) is 10.9 Å². The molecule has 3 rings (SSSR count). The maximum Gasteiger partial charge on any atom is 0.490 e. The van der Waals surface area contributed by atoms with Gasteiger partial charge < -0.3 is 10.8 Å². The van der Waals surface area contributed by atoms with Crippen molar-refractivity contribution in [2.75, 3.05) is 0 Å². The van der Waals surface area contributed by atoms with Gasteiger partial charge in [-0.2, -0.15) is 21.6 Å². The lowest BCUT2D eigenvalue weighted by Crippen LogP contribution is -2.28. The largest absolute Gasteiger partial charge is 0.490 e. The van der Waals surface area contributed by atoms with Crippen LogP contribution in [0.4, 0.5) is 13.2 Å². The number of benzene rings is 1. The van der Waals surface area contributed by atoms with E-state index in [4.69, 9.17) is 15.6 Å². The Morgan fingerprint density at radius 2 is 1.75 bits per heavy atom. The van der Waals surface area contributed by atoms with Crippen molar-refractivity contribution in [3.63, 3.8) is 0 Å². The van der Waals surface area contributed by atoms with Gasteiger partial charge in [0.15, 0.2) is 0 Å². The van der Waals surface area contributed by atoms with Crippen LogP contribution in [-0.2, 0) is 20.4 Å². The van der Waals surface area contributed by atoms with Gasteiger partial charge in [0.25, 0.3) is 10.0 Å². The van der Waals surface area contributed by atoms with E-state index in [0.29, 0.717) is 9.73 Å². The number of nitrogens with two attached hydrogens (primary N) is 1. The van der Waals surface area contributed by atoms with Crippen LogP contribution in [-0.4, -0.2) is 29.6 Å². The molecule has 0 atom stereocenters. The molecule has 2 aromatic heterocycles. The molecule has 0 bridgehead atoms. The minimum absolute atomic E-state index is 0.331. The summed E-state index contributed by atoms with van der Waals surface area (Å²) < 4.78 is 58.7. The average Bonchev–Trinajstić information content (AvgIpc) is 3.23. The minimum atomic E-state index is -5.08. The predicted octanol–water partition coefficient (Wildman–Crippen LogP) is 3.77. The van der Waals surface area contributed by atoms with Gasteiger partial charge in [-0.05, 0) is 43.0 Å². The van der Waals surface area contributed by atoms with Gasteiger partial charge in [0.2, 0.25) is 0 Å². The third-order valence-electron chi connectivity index (χ3n) is 3.64. The normalized spacial score (nSPS) is 12.5. The molecule has 2 heterocycles. The summed E-state index contributed by atoms with van der Waals surface area (Å²) in [4.78, 5) is 8.90. The lowest BCUT2D eigenvalue weighted by atomic mass is 9.93. The number of fused-ring (bicyclic) bond motifs is 1. The highest BCUT2D eigenvalue weighted by molar-refractivity contribution is 7.92. The smallest absolute Gasteiger partial charge is 0.475 e. The summed E-state index contributed by atoms with van der Waals surface area (Å²) in [5.41, 5.74) is 7.23. The predicted molar refractivity (Wildman–Crippen MR) is 99.7 cm³/mol. The number of hydrogen-bond acceptors (Lipinski definition) is 5. The van der Waals surface area contributed by atoms with Gasteiger partial charge in [-0.1, -0.05) is 18.2 Å². The van der Waals surface area contributed by atoms with Crippen molar-refractivity contribution in [1.82, 2.24) is 3.97 Å². The fourth-order valence-corrected chi connectivity index (χ4v) is 4.85. The van der Waals surface area contributed by atoms with Crippen molar-refractivity contribution in [2.24, 2.45) is 5.73 Å². The van der Waals surface area contributed by atoms with Crippen LogP contribution in [0.3, 0.4) is 0 Å². The molecular formula is C17H17F3N2O4S2. The molecular weight excluding hydrogens is 417 g/mol. The zero-order chi connectivity index (χ0) is 21.3. The summed E-state index contributed by atoms with van der Waals surface area (Å²) in [5.74, 6) is -2.76. The van der Waals surface area contributed by atoms with E-state index in [9.17, 15) is 21.6 Å². The highest BCUT2D eigenvalue weighted by atomic mass is 32.2. The van der Waals surface area contributed by atoms with Crippen LogP contribution in [0.15, 0.2) is 52.2 Å². The standard InChI is InChI=1S/C15H16N2O2S2.C2HF3O2/c1-15(2,16)12-5-3-6-13-11(12)8-9-17(13)21(18,19)14-7-4-10-20-14;3-2(4,5)1(6)7/h3-10H,16H2,1-2H3;(H,6,7). The first kappa shape index (κ1) is 21.9. The van der Waals surface area contributed by atoms with Crippen molar-refractivity contribution in [1.29, 1.82) is 0 Å². The number of carboxylic acid groups (broad SMARTS) is 1. The molecule has 0 aliphatic rings. The second-order valence-electron chi connectivity index (χ2n) is 6.31. The van der Waals surface area contributed by atoms with E-state index in [1.54, 1.807) is 29.8 Å². The Morgan fingerprint density at radius 3 is 2.21 bits per heavy atom. The average molecular weight is 434 g/mol. The molecule has 0 amide bonds. The van der Waals surface area contributed by atoms with Gasteiger partial charge in [-0.3, -0.25) is 0 Å². The Morgan fingerprint density at radius 1 is 1.14 bits per heavy atom. The summed E-state index contributed by atoms with van der Waals surface area (Å²) in [7, 11) is -3.55. The second-order valence-corrected chi connectivity index (χ2v) is 9.30. The molecule has 1 aromatic carbocycles. The molecule has 28 heavy (non-hydrogen) atoms. The highest BCUT2D eigenvalue weighted by Gasteiger charge is 2.38. The highest BCUT2D eigenvalue weighted by Crippen LogP contribution is 2.30. The van der Waals surface area contributed by atoms with E-state index in [2.05, 4.69) is 0 Å². The molecule has 0 aliphatic heterocycles. The number of halogens is 3. The zero-order valence-corrected chi connectivity index (χ0v) is 16.4. The lowest BCUT2D eigenvalue weighted by Gasteiger charge is -2.20. The van der Waals surface area contributed by atoms with Crippen LogP contribution < -0.4 is 5.73 Å². The SMILES string of the molecule is CC(C)(N)c1cccc2c1ccn2S(=O)(=O)c1cccs1.O=C(O)C(F)(F)F. The van der Waals surface area contributed by atoms with Gasteiger partial charge in [-0.15, -0.1) is 11.3 Å². The van der Waals surface area contributed by atoms with Gasteiger partial charge >= 0.3 is 12.1 Å². The first-order chi connectivity index (χ1) is 12.8. The number of rotatable bonds is 3. The monoisotopic (exact) mass is 434 g/mol. The van der Waals surface area contributed by atoms with E-state index in [0.717, 1.165) is 10.9 Å². The maximum absolute atomic E-state index is 12.7. The number of hydrogen-bond donors (Lipinski definition) is 2. The molecule has 0 saturated heterocycles. The van der Waals surface area contributed by atoms with E-state index in [-0.39, 0.29) is 0 Å². The first-order valence-electron chi connectivity index (χ1n) is 7.75. The van der Waals surface area contributed by atoms with Crippen molar-refractivity contribution in [3.05, 3.63) is 53.5 Å². The Labute approximate surface area is 163 Å². The van der Waals surface area contributed by atoms with Crippen LogP contribution >= 0.6 is 11.3 Å². The third kappa shape index (κ3) is 4.54. The van der Waals surface area contributed by atoms with Gasteiger partial charge in [0.1, 0.15) is 4.21 Å². The molecule has 0 radical (unpaired) electrons. The Balaban J connectivity index is 0.000000345. The lowest BCUT2D eigenvalue weighted by molar-refractivity contribution is -0.192. The summed E-state index contributed by atoms with van der Waals surface area (Å²) in [6, 6.07) is 10.7. The zero-order valence-electron chi connectivity index (χ0n) is 14.8. The number of nitrogens with zero attached hydrogens (tertiary/aromatic N) is 1. The van der Waals surface area contributed by atoms with E-state index in [1.165, 1.54) is 15.3 Å². The molecule has 3 N–H and O–H groups in total. The van der Waals surface area contributed by atoms with Gasteiger partial charge in [-0.25, -0.2) is 8.77 Å². The number of thiophene rings is 1. The van der Waals surface area contributed by atoms with Gasteiger partial charge in [0, 0.05) is 17.1 Å². The molecule has 0 aliphatic carbocycles. The first-order valence-corrected chi connectivity index (χ1v) is 10.1. The van der Waals surface area contributed by atoms with E-state index >= 15 is 0 Å². The van der Waals surface area contributed by atoms with Crippen LogP contribution in [0.5, 0.6) is 0 Å². The molecule has 0 unspecified atom stereocenters. The number of carboxylic acids is 1. The molecule has 6 nitrogen and oxygen atoms in total. The maximum atomic E-state index is 12.7. The fourth-order valence-electron chi connectivity index (χ4n) is 2.42. The Hall–Kier alpha value is -2.37.